The maximum Gasteiger partial charge on any atom is 0.236 e. The van der Waals surface area contributed by atoms with Gasteiger partial charge in [0.1, 0.15) is 12.1 Å². The summed E-state index contributed by atoms with van der Waals surface area (Å²) < 4.78 is 6.12. The highest BCUT2D eigenvalue weighted by Crippen LogP contribution is 2.26. The van der Waals surface area contributed by atoms with Gasteiger partial charge in [0.15, 0.2) is 0 Å². The Morgan fingerprint density at radius 2 is 2.07 bits per heavy atom. The molecular weight excluding hydrogens is 281 g/mol. The van der Waals surface area contributed by atoms with Gasteiger partial charge < -0.3 is 4.74 Å². The molecule has 0 unspecified atom stereocenters. The van der Waals surface area contributed by atoms with Gasteiger partial charge in [0.05, 0.1) is 15.7 Å². The van der Waals surface area contributed by atoms with E-state index in [9.17, 15) is 0 Å². The number of ether oxygens (including phenoxy) is 1. The fourth-order valence-corrected chi connectivity index (χ4v) is 1.40. The first-order valence-electron chi connectivity index (χ1n) is 3.99. The predicted octanol–water partition coefficient (Wildman–Crippen LogP) is 3.08. The first kappa shape index (κ1) is 10.3. The molecule has 0 aliphatic rings. The minimum atomic E-state index is 0.425. The van der Waals surface area contributed by atoms with Crippen molar-refractivity contribution in [3.63, 3.8) is 0 Å². The molecule has 2 rings (SSSR count). The quantitative estimate of drug-likeness (QED) is 0.851. The SMILES string of the molecule is Clc1cncc(Oc2ncncc2Br)c1. The van der Waals surface area contributed by atoms with Crippen molar-refractivity contribution < 1.29 is 4.74 Å². The van der Waals surface area contributed by atoms with E-state index in [0.29, 0.717) is 21.1 Å². The molecule has 0 aliphatic heterocycles. The maximum absolute atomic E-state index is 5.76. The highest BCUT2D eigenvalue weighted by atomic mass is 79.9. The summed E-state index contributed by atoms with van der Waals surface area (Å²) in [5, 5.41) is 0.512. The van der Waals surface area contributed by atoms with Gasteiger partial charge in [-0.2, -0.15) is 0 Å². The molecule has 76 valence electrons. The second kappa shape index (κ2) is 4.55. The lowest BCUT2D eigenvalue weighted by Crippen LogP contribution is -1.90. The molecule has 0 aliphatic carbocycles. The average molecular weight is 287 g/mol. The molecule has 0 saturated carbocycles. The van der Waals surface area contributed by atoms with Crippen LogP contribution >= 0.6 is 27.5 Å². The molecule has 0 spiro atoms. The largest absolute Gasteiger partial charge is 0.436 e. The van der Waals surface area contributed by atoms with Crippen molar-refractivity contribution in [1.29, 1.82) is 0 Å². The van der Waals surface area contributed by atoms with Crippen molar-refractivity contribution in [2.24, 2.45) is 0 Å². The van der Waals surface area contributed by atoms with E-state index < -0.39 is 0 Å². The molecule has 0 N–H and O–H groups in total. The van der Waals surface area contributed by atoms with E-state index in [0.717, 1.165) is 0 Å². The van der Waals surface area contributed by atoms with Gasteiger partial charge in [-0.1, -0.05) is 11.6 Å². The molecule has 4 nitrogen and oxygen atoms in total. The van der Waals surface area contributed by atoms with Crippen LogP contribution in [0.15, 0.2) is 35.5 Å². The third kappa shape index (κ3) is 2.64. The zero-order chi connectivity index (χ0) is 10.7. The van der Waals surface area contributed by atoms with Crippen molar-refractivity contribution in [3.8, 4) is 11.6 Å². The van der Waals surface area contributed by atoms with E-state index in [4.69, 9.17) is 16.3 Å². The van der Waals surface area contributed by atoms with Gasteiger partial charge in [-0.3, -0.25) is 4.98 Å². The summed E-state index contributed by atoms with van der Waals surface area (Å²) >= 11 is 9.03. The number of pyridine rings is 1. The van der Waals surface area contributed by atoms with Crippen LogP contribution in [0.1, 0.15) is 0 Å². The van der Waals surface area contributed by atoms with E-state index in [1.807, 2.05) is 0 Å². The average Bonchev–Trinajstić information content (AvgIpc) is 2.22. The third-order valence-electron chi connectivity index (χ3n) is 1.53. The summed E-state index contributed by atoms with van der Waals surface area (Å²) in [5.74, 6) is 0.955. The molecule has 0 bridgehead atoms. The number of nitrogens with zero attached hydrogens (tertiary/aromatic N) is 3. The Morgan fingerprint density at radius 3 is 2.80 bits per heavy atom. The summed E-state index contributed by atoms with van der Waals surface area (Å²) in [7, 11) is 0. The third-order valence-corrected chi connectivity index (χ3v) is 2.28. The van der Waals surface area contributed by atoms with Gasteiger partial charge in [0, 0.05) is 18.5 Å². The van der Waals surface area contributed by atoms with Gasteiger partial charge in [0.25, 0.3) is 0 Å². The minimum absolute atomic E-state index is 0.425. The lowest BCUT2D eigenvalue weighted by Gasteiger charge is -2.04. The molecule has 2 aromatic rings. The van der Waals surface area contributed by atoms with Gasteiger partial charge in [-0.15, -0.1) is 0 Å². The monoisotopic (exact) mass is 285 g/mol. The van der Waals surface area contributed by atoms with Crippen LogP contribution in [-0.2, 0) is 0 Å². The molecule has 0 saturated heterocycles. The summed E-state index contributed by atoms with van der Waals surface area (Å²) in [6.07, 6.45) is 6.09. The molecule has 2 aromatic heterocycles. The molecule has 0 fully saturated rings. The first-order valence-corrected chi connectivity index (χ1v) is 5.17. The van der Waals surface area contributed by atoms with Crippen molar-refractivity contribution in [2.75, 3.05) is 0 Å². The maximum atomic E-state index is 5.76. The van der Waals surface area contributed by atoms with Crippen LogP contribution in [0.5, 0.6) is 11.6 Å². The molecular formula is C9H5BrClN3O. The van der Waals surface area contributed by atoms with Crippen LogP contribution < -0.4 is 4.74 Å². The Kier molecular flexibility index (Phi) is 3.13. The number of hydrogen-bond donors (Lipinski definition) is 0. The highest BCUT2D eigenvalue weighted by Gasteiger charge is 2.04. The lowest BCUT2D eigenvalue weighted by molar-refractivity contribution is 0.456. The van der Waals surface area contributed by atoms with Gasteiger partial charge in [-0.25, -0.2) is 9.97 Å². The number of rotatable bonds is 2. The number of hydrogen-bond acceptors (Lipinski definition) is 4. The van der Waals surface area contributed by atoms with Crippen LogP contribution in [0.3, 0.4) is 0 Å². The summed E-state index contributed by atoms with van der Waals surface area (Å²) in [5.41, 5.74) is 0. The topological polar surface area (TPSA) is 47.9 Å². The van der Waals surface area contributed by atoms with Crippen LogP contribution in [0.25, 0.3) is 0 Å². The van der Waals surface area contributed by atoms with Crippen LogP contribution in [-0.4, -0.2) is 15.0 Å². The predicted molar refractivity (Wildman–Crippen MR) is 59.1 cm³/mol. The lowest BCUT2D eigenvalue weighted by atomic mass is 10.4. The summed E-state index contributed by atoms with van der Waals surface area (Å²) in [6.45, 7) is 0. The smallest absolute Gasteiger partial charge is 0.236 e. The van der Waals surface area contributed by atoms with E-state index in [1.165, 1.54) is 12.5 Å². The van der Waals surface area contributed by atoms with Gasteiger partial charge >= 0.3 is 0 Å². The molecule has 15 heavy (non-hydrogen) atoms. The van der Waals surface area contributed by atoms with Crippen LogP contribution in [0.2, 0.25) is 5.02 Å². The van der Waals surface area contributed by atoms with E-state index in [1.54, 1.807) is 18.5 Å². The standard InChI is InChI=1S/C9H5BrClN3O/c10-8-4-13-5-14-9(8)15-7-1-6(11)2-12-3-7/h1-5H. The molecule has 6 heteroatoms. The fourth-order valence-electron chi connectivity index (χ4n) is 0.936. The van der Waals surface area contributed by atoms with Crippen molar-refractivity contribution >= 4 is 27.5 Å². The Balaban J connectivity index is 2.26. The Bertz CT molecular complexity index is 480. The van der Waals surface area contributed by atoms with Gasteiger partial charge in [-0.05, 0) is 15.9 Å². The van der Waals surface area contributed by atoms with E-state index >= 15 is 0 Å². The van der Waals surface area contributed by atoms with E-state index in [-0.39, 0.29) is 0 Å². The van der Waals surface area contributed by atoms with Crippen molar-refractivity contribution in [3.05, 3.63) is 40.5 Å². The second-order valence-corrected chi connectivity index (χ2v) is 3.91. The second-order valence-electron chi connectivity index (χ2n) is 2.62. The normalized spacial score (nSPS) is 10.0. The van der Waals surface area contributed by atoms with Crippen molar-refractivity contribution in [2.45, 2.75) is 0 Å². The number of aromatic nitrogens is 3. The molecule has 2 heterocycles. The molecule has 0 radical (unpaired) electrons. The zero-order valence-electron chi connectivity index (χ0n) is 7.39. The highest BCUT2D eigenvalue weighted by molar-refractivity contribution is 9.10. The zero-order valence-corrected chi connectivity index (χ0v) is 9.73. The first-order chi connectivity index (χ1) is 7.25. The molecule has 0 aromatic carbocycles. The Hall–Kier alpha value is -1.20. The van der Waals surface area contributed by atoms with Gasteiger partial charge in [0.2, 0.25) is 5.88 Å². The molecule has 0 atom stereocenters. The molecule has 0 amide bonds. The summed E-state index contributed by atoms with van der Waals surface area (Å²) in [4.78, 5) is 11.7. The summed E-state index contributed by atoms with van der Waals surface area (Å²) in [6, 6.07) is 1.66. The fraction of sp³-hybridized carbons (Fsp3) is 0. The Morgan fingerprint density at radius 1 is 1.20 bits per heavy atom. The number of halogens is 2. The Labute approximate surface area is 99.4 Å². The van der Waals surface area contributed by atoms with Crippen LogP contribution in [0, 0.1) is 0 Å². The van der Waals surface area contributed by atoms with Crippen LogP contribution in [0.4, 0.5) is 0 Å². The van der Waals surface area contributed by atoms with E-state index in [2.05, 4.69) is 30.9 Å². The minimum Gasteiger partial charge on any atom is -0.436 e. The van der Waals surface area contributed by atoms with Crippen molar-refractivity contribution in [1.82, 2.24) is 15.0 Å².